The highest BCUT2D eigenvalue weighted by Crippen LogP contribution is 2.17. The van der Waals surface area contributed by atoms with Crippen LogP contribution in [0.2, 0.25) is 0 Å². The molecule has 0 bridgehead atoms. The molecule has 2 aromatic rings. The Balaban J connectivity index is 2.01. The van der Waals surface area contributed by atoms with Gasteiger partial charge in [-0.25, -0.2) is 0 Å². The summed E-state index contributed by atoms with van der Waals surface area (Å²) in [7, 11) is 0. The molecule has 2 rings (SSSR count). The predicted octanol–water partition coefficient (Wildman–Crippen LogP) is 2.11. The summed E-state index contributed by atoms with van der Waals surface area (Å²) in [6, 6.07) is 7.90. The van der Waals surface area contributed by atoms with Gasteiger partial charge >= 0.3 is 0 Å². The van der Waals surface area contributed by atoms with Gasteiger partial charge in [-0.15, -0.1) is 0 Å². The summed E-state index contributed by atoms with van der Waals surface area (Å²) in [6.45, 7) is 4.54. The maximum atomic E-state index is 11.3. The third kappa shape index (κ3) is 3.64. The topological polar surface area (TPSA) is 68.0 Å². The average molecular weight is 259 g/mol. The molecule has 1 N–H and O–H groups in total. The number of carbonyl (C=O) groups excluding carboxylic acids is 1. The van der Waals surface area contributed by atoms with E-state index in [2.05, 4.69) is 15.5 Å². The van der Waals surface area contributed by atoms with Gasteiger partial charge in [0.15, 0.2) is 0 Å². The van der Waals surface area contributed by atoms with E-state index in [-0.39, 0.29) is 5.91 Å². The Bertz CT molecular complexity index is 563. The fourth-order valence-corrected chi connectivity index (χ4v) is 1.76. The summed E-state index contributed by atoms with van der Waals surface area (Å²) in [5.41, 5.74) is 2.07. The number of nitrogens with one attached hydrogen (secondary N) is 1. The number of aromatic nitrogens is 2. The zero-order valence-corrected chi connectivity index (χ0v) is 11.1. The predicted molar refractivity (Wildman–Crippen MR) is 71.5 cm³/mol. The van der Waals surface area contributed by atoms with Gasteiger partial charge in [-0.3, -0.25) is 4.79 Å². The third-order valence-corrected chi connectivity index (χ3v) is 2.68. The van der Waals surface area contributed by atoms with Crippen molar-refractivity contribution in [2.24, 2.45) is 0 Å². The Morgan fingerprint density at radius 3 is 3.00 bits per heavy atom. The average Bonchev–Trinajstić information content (AvgIpc) is 2.85. The van der Waals surface area contributed by atoms with Gasteiger partial charge in [0.25, 0.3) is 0 Å². The Morgan fingerprint density at radius 2 is 2.26 bits per heavy atom. The van der Waals surface area contributed by atoms with Crippen molar-refractivity contribution in [3.8, 4) is 11.4 Å². The van der Waals surface area contributed by atoms with Gasteiger partial charge in [-0.05, 0) is 19.9 Å². The van der Waals surface area contributed by atoms with Crippen LogP contribution in [0.5, 0.6) is 0 Å². The standard InChI is InChI=1S/C14H17N3O2/c1-3-15-12(18)7-8-13-16-14(17-19-13)11-6-4-5-10(2)9-11/h4-6,9H,3,7-8H2,1-2H3,(H,15,18). The molecule has 1 aromatic carbocycles. The van der Waals surface area contributed by atoms with Crippen molar-refractivity contribution in [3.05, 3.63) is 35.7 Å². The van der Waals surface area contributed by atoms with Crippen LogP contribution in [-0.4, -0.2) is 22.6 Å². The molecule has 5 nitrogen and oxygen atoms in total. The lowest BCUT2D eigenvalue weighted by Crippen LogP contribution is -2.22. The number of nitrogens with zero attached hydrogens (tertiary/aromatic N) is 2. The van der Waals surface area contributed by atoms with E-state index in [1.807, 2.05) is 38.1 Å². The van der Waals surface area contributed by atoms with Crippen molar-refractivity contribution in [3.63, 3.8) is 0 Å². The Labute approximate surface area is 112 Å². The molecule has 0 spiro atoms. The number of hydrogen-bond donors (Lipinski definition) is 1. The molecule has 1 heterocycles. The van der Waals surface area contributed by atoms with Gasteiger partial charge in [0, 0.05) is 24.9 Å². The normalized spacial score (nSPS) is 10.4. The van der Waals surface area contributed by atoms with Crippen LogP contribution in [0.15, 0.2) is 28.8 Å². The summed E-state index contributed by atoms with van der Waals surface area (Å²) in [6.07, 6.45) is 0.827. The summed E-state index contributed by atoms with van der Waals surface area (Å²) in [4.78, 5) is 15.6. The van der Waals surface area contributed by atoms with Crippen LogP contribution < -0.4 is 5.32 Å². The van der Waals surface area contributed by atoms with Crippen LogP contribution in [0, 0.1) is 6.92 Å². The summed E-state index contributed by atoms with van der Waals surface area (Å²) in [5, 5.41) is 6.67. The van der Waals surface area contributed by atoms with Crippen molar-refractivity contribution < 1.29 is 9.32 Å². The number of benzene rings is 1. The highest BCUT2D eigenvalue weighted by Gasteiger charge is 2.10. The SMILES string of the molecule is CCNC(=O)CCc1nc(-c2cccc(C)c2)no1. The fourth-order valence-electron chi connectivity index (χ4n) is 1.76. The van der Waals surface area contributed by atoms with Crippen molar-refractivity contribution in [1.82, 2.24) is 15.5 Å². The molecule has 19 heavy (non-hydrogen) atoms. The van der Waals surface area contributed by atoms with Crippen LogP contribution in [0.4, 0.5) is 0 Å². The molecule has 0 saturated carbocycles. The Morgan fingerprint density at radius 1 is 1.42 bits per heavy atom. The molecule has 100 valence electrons. The molecule has 0 saturated heterocycles. The largest absolute Gasteiger partial charge is 0.356 e. The van der Waals surface area contributed by atoms with Gasteiger partial charge in [-0.1, -0.05) is 28.9 Å². The molecule has 0 aliphatic rings. The van der Waals surface area contributed by atoms with Gasteiger partial charge in [-0.2, -0.15) is 4.98 Å². The van der Waals surface area contributed by atoms with Crippen LogP contribution in [0.3, 0.4) is 0 Å². The molecule has 0 aliphatic heterocycles. The molecule has 0 aliphatic carbocycles. The van der Waals surface area contributed by atoms with Gasteiger partial charge in [0.1, 0.15) is 0 Å². The lowest BCUT2D eigenvalue weighted by atomic mass is 10.1. The number of hydrogen-bond acceptors (Lipinski definition) is 4. The second-order valence-electron chi connectivity index (χ2n) is 4.33. The number of rotatable bonds is 5. The Hall–Kier alpha value is -2.17. The third-order valence-electron chi connectivity index (χ3n) is 2.68. The number of amides is 1. The first-order chi connectivity index (χ1) is 9.19. The molecule has 1 aromatic heterocycles. The van der Waals surface area contributed by atoms with Gasteiger partial charge in [0.2, 0.25) is 17.6 Å². The van der Waals surface area contributed by atoms with E-state index in [4.69, 9.17) is 4.52 Å². The van der Waals surface area contributed by atoms with Crippen LogP contribution in [0.1, 0.15) is 24.8 Å². The molecule has 1 amide bonds. The molecule has 0 radical (unpaired) electrons. The minimum absolute atomic E-state index is 0.00203. The smallest absolute Gasteiger partial charge is 0.227 e. The van der Waals surface area contributed by atoms with E-state index in [0.717, 1.165) is 11.1 Å². The van der Waals surface area contributed by atoms with Crippen LogP contribution in [-0.2, 0) is 11.2 Å². The van der Waals surface area contributed by atoms with Crippen LogP contribution in [0.25, 0.3) is 11.4 Å². The summed E-state index contributed by atoms with van der Waals surface area (Å²) < 4.78 is 5.15. The lowest BCUT2D eigenvalue weighted by Gasteiger charge is -1.98. The maximum absolute atomic E-state index is 11.3. The number of carbonyl (C=O) groups is 1. The number of aryl methyl sites for hydroxylation is 2. The van der Waals surface area contributed by atoms with Crippen molar-refractivity contribution >= 4 is 5.91 Å². The maximum Gasteiger partial charge on any atom is 0.227 e. The first-order valence-corrected chi connectivity index (χ1v) is 6.35. The molecular weight excluding hydrogens is 242 g/mol. The zero-order chi connectivity index (χ0) is 13.7. The second-order valence-corrected chi connectivity index (χ2v) is 4.33. The lowest BCUT2D eigenvalue weighted by molar-refractivity contribution is -0.121. The van der Waals surface area contributed by atoms with E-state index in [1.54, 1.807) is 0 Å². The second kappa shape index (κ2) is 6.13. The fraction of sp³-hybridized carbons (Fsp3) is 0.357. The van der Waals surface area contributed by atoms with Crippen molar-refractivity contribution in [2.75, 3.05) is 6.54 Å². The highest BCUT2D eigenvalue weighted by molar-refractivity contribution is 5.75. The van der Waals surface area contributed by atoms with Crippen molar-refractivity contribution in [1.29, 1.82) is 0 Å². The first-order valence-electron chi connectivity index (χ1n) is 6.35. The van der Waals surface area contributed by atoms with E-state index >= 15 is 0 Å². The minimum Gasteiger partial charge on any atom is -0.356 e. The van der Waals surface area contributed by atoms with E-state index < -0.39 is 0 Å². The summed E-state index contributed by atoms with van der Waals surface area (Å²) >= 11 is 0. The zero-order valence-electron chi connectivity index (χ0n) is 11.1. The molecule has 0 atom stereocenters. The first kappa shape index (κ1) is 13.3. The minimum atomic E-state index is -0.00203. The summed E-state index contributed by atoms with van der Waals surface area (Å²) in [5.74, 6) is 1.05. The van der Waals surface area contributed by atoms with Crippen molar-refractivity contribution in [2.45, 2.75) is 26.7 Å². The van der Waals surface area contributed by atoms with E-state index in [0.29, 0.717) is 31.1 Å². The van der Waals surface area contributed by atoms with E-state index in [1.165, 1.54) is 0 Å². The van der Waals surface area contributed by atoms with Crippen LogP contribution >= 0.6 is 0 Å². The molecule has 5 heteroatoms. The monoisotopic (exact) mass is 259 g/mol. The van der Waals surface area contributed by atoms with Gasteiger partial charge in [0.05, 0.1) is 0 Å². The molecule has 0 unspecified atom stereocenters. The highest BCUT2D eigenvalue weighted by atomic mass is 16.5. The van der Waals surface area contributed by atoms with Gasteiger partial charge < -0.3 is 9.84 Å². The molecular formula is C14H17N3O2. The Kier molecular flexibility index (Phi) is 4.28. The quantitative estimate of drug-likeness (QED) is 0.893. The molecule has 0 fully saturated rings. The van der Waals surface area contributed by atoms with E-state index in [9.17, 15) is 4.79 Å².